The van der Waals surface area contributed by atoms with Gasteiger partial charge < -0.3 is 69.9 Å². The Labute approximate surface area is 814 Å². The van der Waals surface area contributed by atoms with E-state index in [9.17, 15) is 24.0 Å². The monoisotopic (exact) mass is 1920 g/mol. The van der Waals surface area contributed by atoms with Gasteiger partial charge in [-0.05, 0) is 261 Å². The summed E-state index contributed by atoms with van der Waals surface area (Å²) < 4.78 is 46.1. The minimum atomic E-state index is -0.373. The number of esters is 3. The van der Waals surface area contributed by atoms with Crippen LogP contribution in [0.4, 0.5) is 69.3 Å². The van der Waals surface area contributed by atoms with Crippen LogP contribution in [0.2, 0.25) is 0 Å². The lowest BCUT2D eigenvalue weighted by molar-refractivity contribution is 0.0517. The molecule has 0 saturated carbocycles. The van der Waals surface area contributed by atoms with Gasteiger partial charge in [0.05, 0.1) is 43.6 Å². The number of piperidine rings is 4. The number of Topliss-reactive ketones (excluding diaryl/α,β-unsaturated/α-hetero) is 1. The van der Waals surface area contributed by atoms with Crippen molar-refractivity contribution in [2.45, 2.75) is 122 Å². The molecule has 8 aromatic carbocycles. The molecule has 5 N–H and O–H groups in total. The predicted molar refractivity (Wildman–Crippen MR) is 531 cm³/mol. The van der Waals surface area contributed by atoms with Gasteiger partial charge in [-0.2, -0.15) is 0 Å². The van der Waals surface area contributed by atoms with E-state index in [2.05, 4.69) is 179 Å². The van der Waals surface area contributed by atoms with Crippen LogP contribution in [0.15, 0.2) is 230 Å². The number of carbonyl (C=O) groups is 5. The Bertz CT molecular complexity index is 6900. The Morgan fingerprint density at radius 2 is 0.709 bits per heavy atom. The van der Waals surface area contributed by atoms with Gasteiger partial charge >= 0.3 is 17.9 Å². The zero-order chi connectivity index (χ0) is 97.5. The van der Waals surface area contributed by atoms with Gasteiger partial charge in [-0.25, -0.2) is 72.8 Å². The quantitative estimate of drug-likeness (QED) is 0.0165. The molecule has 724 valence electrons. The van der Waals surface area contributed by atoms with Crippen molar-refractivity contribution in [1.29, 1.82) is 0 Å². The van der Waals surface area contributed by atoms with Crippen molar-refractivity contribution >= 4 is 156 Å². The Morgan fingerprint density at radius 3 is 1.08 bits per heavy atom. The fraction of sp³-hybridized carbons (Fsp3) is 0.317. The number of aryl methyl sites for hydroxylation is 1. The molecule has 4 saturated heterocycles. The SMILES string of the molecule is CC(C)NC(=O)c1ccc(Nc2nc3nonc3nc2N2CCC(Cc3ccccc3)CC2)cc1.CCOC(=O)c1ccc(Nc2nc3nonc3nc2N2CCC(C(=O)c3ccccc3)CC2)cc1.CCOC(=O)c1ccc(Nc2nc3nonc3nc2N2CCC(Oc3ccccc3OC)CC2)cc1.CCOC(=O)c1ccc(Nc2nc3nonc3nc2N2CCC(Sc3ccc(C)cc3)CC2)cc1. The Hall–Kier alpha value is -16.4. The number of aromatic nitrogens is 16. The van der Waals surface area contributed by atoms with Gasteiger partial charge in [0.15, 0.2) is 63.8 Å². The zero-order valence-corrected chi connectivity index (χ0v) is 79.5. The molecule has 4 fully saturated rings. The van der Waals surface area contributed by atoms with Gasteiger partial charge in [0.2, 0.25) is 45.2 Å². The smallest absolute Gasteiger partial charge is 0.338 e. The third kappa shape index (κ3) is 24.8. The fourth-order valence-electron chi connectivity index (χ4n) is 16.6. The molecular weight excluding hydrogens is 1820 g/mol. The van der Waals surface area contributed by atoms with Crippen LogP contribution in [-0.4, -0.2) is 207 Å². The third-order valence-corrected chi connectivity index (χ3v) is 25.2. The molecule has 0 radical (unpaired) electrons. The van der Waals surface area contributed by atoms with Crippen molar-refractivity contribution in [2.24, 2.45) is 11.8 Å². The molecule has 0 unspecified atom stereocenters. The number of ketones is 1. The highest BCUT2D eigenvalue weighted by Crippen LogP contribution is 2.40. The highest BCUT2D eigenvalue weighted by molar-refractivity contribution is 8.00. The van der Waals surface area contributed by atoms with Gasteiger partial charge in [-0.1, -0.05) is 90.5 Å². The van der Waals surface area contributed by atoms with Crippen LogP contribution < -0.4 is 55.7 Å². The summed E-state index contributed by atoms with van der Waals surface area (Å²) in [6, 6.07) is 64.7. The molecular formula is C101H105N25O14S. The number of ether oxygens (including phenoxy) is 5. The number of hydrogen-bond donors (Lipinski definition) is 5. The number of nitrogens with one attached hydrogen (secondary N) is 5. The number of nitrogens with zero attached hydrogens (tertiary/aromatic N) is 20. The fourth-order valence-corrected chi connectivity index (χ4v) is 17.7. The van der Waals surface area contributed by atoms with Gasteiger partial charge in [0.1, 0.15) is 6.10 Å². The molecule has 8 aromatic heterocycles. The molecule has 4 aliphatic heterocycles. The van der Waals surface area contributed by atoms with Crippen LogP contribution >= 0.6 is 11.8 Å². The van der Waals surface area contributed by atoms with Crippen LogP contribution in [0, 0.1) is 18.8 Å². The second-order valence-electron chi connectivity index (χ2n) is 34.0. The van der Waals surface area contributed by atoms with Crippen molar-refractivity contribution in [3.63, 3.8) is 0 Å². The van der Waals surface area contributed by atoms with E-state index >= 15 is 0 Å². The second-order valence-corrected chi connectivity index (χ2v) is 35.4. The minimum Gasteiger partial charge on any atom is -0.493 e. The van der Waals surface area contributed by atoms with Crippen molar-refractivity contribution < 1.29 is 66.2 Å². The first-order valence-electron chi connectivity index (χ1n) is 46.9. The molecule has 39 nitrogen and oxygen atoms in total. The van der Waals surface area contributed by atoms with Crippen molar-refractivity contribution in [1.82, 2.24) is 86.4 Å². The Kier molecular flexibility index (Phi) is 31.5. The van der Waals surface area contributed by atoms with E-state index in [1.807, 2.05) is 104 Å². The van der Waals surface area contributed by atoms with Gasteiger partial charge in [-0.15, -0.1) is 11.8 Å². The van der Waals surface area contributed by atoms with Gasteiger partial charge in [0, 0.05) is 121 Å². The lowest BCUT2D eigenvalue weighted by Crippen LogP contribution is -2.39. The number of anilines is 12. The standard InChI is InChI=1S/C26H29N7O2.C25H26N6O5.C25H24N6O4.C25H26N6O3S/c1-17(2)27-26(34)20-8-10-21(11-9-20)28-24-25(30-23-22(29-24)31-35-32-23)33-14-12-19(13-15-33)16-18-6-4-3-5-7-18;1-3-34-25(32)16-8-10-17(11-9-16)26-23-24(28-22-21(27-23)29-36-30-22)31-14-12-18(13-15-31)35-20-7-5-4-6-19(20)33-2;1-2-34-25(33)18-8-10-19(11-9-18)26-23-24(28-22-21(27-23)29-35-30-22)31-14-12-17(13-15-31)20(32)16-6-4-3-5-7-16;1-3-33-25(32)17-6-8-18(9-7-17)26-23-24(28-22-21(27-23)29-34-30-22)31-14-12-20(13-15-31)35-19-10-4-16(2)5-11-19/h3-11,17,19H,12-16H2,1-2H3,(H,27,34)(H,28,29,31);4-11,18H,3,12-15H2,1-2H3,(H,26,27,29);3-11,17H,2,12-15H2,1H3,(H,26,27,29);4-11,20H,3,12-15H2,1-2H3,(H,26,27,29). The van der Waals surface area contributed by atoms with Crippen LogP contribution in [0.25, 0.3) is 45.2 Å². The van der Waals surface area contributed by atoms with E-state index < -0.39 is 0 Å². The first-order valence-corrected chi connectivity index (χ1v) is 47.8. The molecule has 0 atom stereocenters. The highest BCUT2D eigenvalue weighted by atomic mass is 32.2. The van der Waals surface area contributed by atoms with E-state index in [0.29, 0.717) is 173 Å². The number of thioether (sulfide) groups is 1. The van der Waals surface area contributed by atoms with Gasteiger partial charge in [-0.3, -0.25) is 9.59 Å². The van der Waals surface area contributed by atoms with E-state index in [1.165, 1.54) is 16.0 Å². The molecule has 0 bridgehead atoms. The summed E-state index contributed by atoms with van der Waals surface area (Å²) >= 11 is 1.93. The molecule has 12 heterocycles. The summed E-state index contributed by atoms with van der Waals surface area (Å²) in [5, 5.41) is 47.5. The summed E-state index contributed by atoms with van der Waals surface area (Å²) in [5.41, 5.74) is 11.2. The number of para-hydroxylation sites is 2. The zero-order valence-electron chi connectivity index (χ0n) is 78.7. The van der Waals surface area contributed by atoms with Crippen LogP contribution in [-0.2, 0) is 20.6 Å². The van der Waals surface area contributed by atoms with Crippen LogP contribution in [0.3, 0.4) is 0 Å². The molecule has 40 heteroatoms. The molecule has 0 aliphatic carbocycles. The average molecular weight is 1930 g/mol. The predicted octanol–water partition coefficient (Wildman–Crippen LogP) is 17.4. The average Bonchev–Trinajstić information content (AvgIpc) is 1.60. The van der Waals surface area contributed by atoms with Crippen LogP contribution in [0.1, 0.15) is 149 Å². The Morgan fingerprint density at radius 1 is 0.376 bits per heavy atom. The summed E-state index contributed by atoms with van der Waals surface area (Å²) in [4.78, 5) is 108. The largest absolute Gasteiger partial charge is 0.493 e. The third-order valence-electron chi connectivity index (χ3n) is 23.9. The molecule has 141 heavy (non-hydrogen) atoms. The molecule has 16 aromatic rings. The summed E-state index contributed by atoms with van der Waals surface area (Å²) in [5.74, 6) is 5.91. The number of benzene rings is 8. The molecule has 4 aliphatic rings. The van der Waals surface area contributed by atoms with E-state index in [4.69, 9.17) is 52.2 Å². The van der Waals surface area contributed by atoms with E-state index in [-0.39, 0.29) is 53.3 Å². The first-order chi connectivity index (χ1) is 68.9. The number of rotatable bonds is 29. The number of carbonyl (C=O) groups excluding carboxylic acids is 5. The van der Waals surface area contributed by atoms with E-state index in [1.54, 1.807) is 101 Å². The molecule has 20 rings (SSSR count). The van der Waals surface area contributed by atoms with E-state index in [0.717, 1.165) is 117 Å². The topological polar surface area (TPSA) is 463 Å². The van der Waals surface area contributed by atoms with Crippen molar-refractivity contribution in [3.8, 4) is 11.5 Å². The maximum Gasteiger partial charge on any atom is 0.338 e. The van der Waals surface area contributed by atoms with Crippen LogP contribution in [0.5, 0.6) is 11.5 Å². The first kappa shape index (κ1) is 96.3. The lowest BCUT2D eigenvalue weighted by Gasteiger charge is -2.33. The molecule has 1 amide bonds. The minimum absolute atomic E-state index is 0.0362. The normalized spacial score (nSPS) is 14.2. The van der Waals surface area contributed by atoms with Crippen molar-refractivity contribution in [3.05, 3.63) is 245 Å². The lowest BCUT2D eigenvalue weighted by atomic mass is 9.89. The highest BCUT2D eigenvalue weighted by Gasteiger charge is 2.33. The summed E-state index contributed by atoms with van der Waals surface area (Å²) in [7, 11) is 1.64. The molecule has 0 spiro atoms. The number of fused-ring (bicyclic) bond motifs is 4. The number of methoxy groups -OCH3 is 1. The maximum absolute atomic E-state index is 12.9. The number of hydrogen-bond acceptors (Lipinski definition) is 39. The second kappa shape index (κ2) is 46.2. The Balaban J connectivity index is 0.000000130. The summed E-state index contributed by atoms with van der Waals surface area (Å²) in [6.45, 7) is 18.5. The van der Waals surface area contributed by atoms with Crippen molar-refractivity contribution in [2.75, 3.05) is 120 Å². The van der Waals surface area contributed by atoms with Gasteiger partial charge in [0.25, 0.3) is 5.91 Å². The summed E-state index contributed by atoms with van der Waals surface area (Å²) in [6.07, 6.45) is 8.35. The maximum atomic E-state index is 12.9. The number of amides is 1.